The summed E-state index contributed by atoms with van der Waals surface area (Å²) in [5.74, 6) is 6.54. The Morgan fingerprint density at radius 3 is 2.43 bits per heavy atom. The molecule has 1 nitrogen and oxygen atoms in total. The predicted molar refractivity (Wildman–Crippen MR) is 89.8 cm³/mol. The molecule has 1 aliphatic heterocycles. The quantitative estimate of drug-likeness (QED) is 0.651. The van der Waals surface area contributed by atoms with Crippen molar-refractivity contribution in [3.63, 3.8) is 0 Å². The third kappa shape index (κ3) is 2.81. The molecule has 0 spiro atoms. The van der Waals surface area contributed by atoms with Crippen LogP contribution in [0.25, 0.3) is 0 Å². The van der Waals surface area contributed by atoms with Crippen molar-refractivity contribution in [1.82, 2.24) is 0 Å². The first-order valence-electron chi connectivity index (χ1n) is 7.49. The Hall–Kier alpha value is -2.20. The van der Waals surface area contributed by atoms with E-state index in [4.69, 9.17) is 0 Å². The molecule has 106 valence electrons. The van der Waals surface area contributed by atoms with Gasteiger partial charge < -0.3 is 4.90 Å². The zero-order chi connectivity index (χ0) is 14.9. The SMILES string of the molecule is CN1CCC(C)(C)c2cc(C#Cc3ccccc3)ccc21. The molecule has 21 heavy (non-hydrogen) atoms. The molecule has 0 saturated carbocycles. The standard InChI is InChI=1S/C20H21N/c1-20(2)13-14-21(3)19-12-11-17(15-18(19)20)10-9-16-7-5-4-6-8-16/h4-8,11-12,15H,13-14H2,1-3H3. The molecular formula is C20H21N. The van der Waals surface area contributed by atoms with E-state index in [2.05, 4.69) is 55.8 Å². The largest absolute Gasteiger partial charge is 0.374 e. The molecule has 0 fully saturated rings. The van der Waals surface area contributed by atoms with E-state index in [1.54, 1.807) is 0 Å². The van der Waals surface area contributed by atoms with Crippen LogP contribution in [-0.4, -0.2) is 13.6 Å². The van der Waals surface area contributed by atoms with Crippen LogP contribution in [0.3, 0.4) is 0 Å². The summed E-state index contributed by atoms with van der Waals surface area (Å²) in [6.45, 7) is 5.77. The lowest BCUT2D eigenvalue weighted by Crippen LogP contribution is -2.34. The molecule has 0 saturated heterocycles. The van der Waals surface area contributed by atoms with Gasteiger partial charge >= 0.3 is 0 Å². The first-order valence-corrected chi connectivity index (χ1v) is 7.49. The number of hydrogen-bond donors (Lipinski definition) is 0. The third-order valence-electron chi connectivity index (χ3n) is 4.33. The van der Waals surface area contributed by atoms with Crippen molar-refractivity contribution >= 4 is 5.69 Å². The summed E-state index contributed by atoms with van der Waals surface area (Å²) < 4.78 is 0. The Bertz CT molecular complexity index is 702. The monoisotopic (exact) mass is 275 g/mol. The summed E-state index contributed by atoms with van der Waals surface area (Å²) in [5.41, 5.74) is 5.15. The van der Waals surface area contributed by atoms with Crippen LogP contribution < -0.4 is 4.90 Å². The van der Waals surface area contributed by atoms with Gasteiger partial charge in [0.25, 0.3) is 0 Å². The molecule has 0 bridgehead atoms. The molecule has 2 aromatic rings. The summed E-state index contributed by atoms with van der Waals surface area (Å²) in [7, 11) is 2.17. The van der Waals surface area contributed by atoms with Crippen LogP contribution in [-0.2, 0) is 5.41 Å². The van der Waals surface area contributed by atoms with Gasteiger partial charge in [0.2, 0.25) is 0 Å². The van der Waals surface area contributed by atoms with Crippen LogP contribution in [0.5, 0.6) is 0 Å². The molecule has 0 aliphatic carbocycles. The van der Waals surface area contributed by atoms with Crippen molar-refractivity contribution in [1.29, 1.82) is 0 Å². The van der Waals surface area contributed by atoms with Crippen LogP contribution in [0.4, 0.5) is 5.69 Å². The lowest BCUT2D eigenvalue weighted by molar-refractivity contribution is 0.462. The molecule has 1 aliphatic rings. The van der Waals surface area contributed by atoms with Gasteiger partial charge in [0.15, 0.2) is 0 Å². The van der Waals surface area contributed by atoms with Crippen LogP contribution in [0.1, 0.15) is 37.0 Å². The number of rotatable bonds is 0. The molecule has 3 rings (SSSR count). The predicted octanol–water partition coefficient (Wildman–Crippen LogP) is 4.20. The molecule has 1 heteroatoms. The van der Waals surface area contributed by atoms with Crippen LogP contribution in [0.15, 0.2) is 48.5 Å². The Labute approximate surface area is 127 Å². The van der Waals surface area contributed by atoms with E-state index in [0.29, 0.717) is 0 Å². The van der Waals surface area contributed by atoms with E-state index < -0.39 is 0 Å². The van der Waals surface area contributed by atoms with Crippen LogP contribution >= 0.6 is 0 Å². The topological polar surface area (TPSA) is 3.24 Å². The Morgan fingerprint density at radius 1 is 0.952 bits per heavy atom. The fourth-order valence-corrected chi connectivity index (χ4v) is 2.86. The molecule has 0 unspecified atom stereocenters. The van der Waals surface area contributed by atoms with Gasteiger partial charge in [-0.1, -0.05) is 43.9 Å². The van der Waals surface area contributed by atoms with Gasteiger partial charge in [-0.05, 0) is 47.7 Å². The van der Waals surface area contributed by atoms with Crippen molar-refractivity contribution in [2.45, 2.75) is 25.7 Å². The molecule has 0 N–H and O–H groups in total. The molecule has 1 heterocycles. The zero-order valence-electron chi connectivity index (χ0n) is 13.0. The summed E-state index contributed by atoms with van der Waals surface area (Å²) in [6.07, 6.45) is 1.19. The zero-order valence-corrected chi connectivity index (χ0v) is 13.0. The maximum atomic E-state index is 3.30. The van der Waals surface area contributed by atoms with Crippen LogP contribution in [0.2, 0.25) is 0 Å². The van der Waals surface area contributed by atoms with Gasteiger partial charge in [0.05, 0.1) is 0 Å². The molecule has 0 atom stereocenters. The second kappa shape index (κ2) is 5.30. The number of nitrogens with zero attached hydrogens (tertiary/aromatic N) is 1. The number of hydrogen-bond acceptors (Lipinski definition) is 1. The highest BCUT2D eigenvalue weighted by Crippen LogP contribution is 2.39. The maximum absolute atomic E-state index is 3.30. The average Bonchev–Trinajstić information content (AvgIpc) is 2.50. The summed E-state index contributed by atoms with van der Waals surface area (Å²) in [4.78, 5) is 2.34. The van der Waals surface area contributed by atoms with Gasteiger partial charge in [0, 0.05) is 30.4 Å². The minimum atomic E-state index is 0.228. The smallest absolute Gasteiger partial charge is 0.0402 e. The first kappa shape index (κ1) is 13.8. The molecular weight excluding hydrogens is 254 g/mol. The van der Waals surface area contributed by atoms with Crippen molar-refractivity contribution in [2.24, 2.45) is 0 Å². The maximum Gasteiger partial charge on any atom is 0.0402 e. The second-order valence-electron chi connectivity index (χ2n) is 6.40. The average molecular weight is 275 g/mol. The van der Waals surface area contributed by atoms with E-state index in [9.17, 15) is 0 Å². The summed E-state index contributed by atoms with van der Waals surface area (Å²) in [5, 5.41) is 0. The van der Waals surface area contributed by atoms with Crippen molar-refractivity contribution in [3.8, 4) is 11.8 Å². The van der Waals surface area contributed by atoms with Gasteiger partial charge in [-0.3, -0.25) is 0 Å². The van der Waals surface area contributed by atoms with E-state index >= 15 is 0 Å². The van der Waals surface area contributed by atoms with Gasteiger partial charge in [0.1, 0.15) is 0 Å². The van der Waals surface area contributed by atoms with Crippen LogP contribution in [0, 0.1) is 11.8 Å². The van der Waals surface area contributed by atoms with Gasteiger partial charge in [-0.25, -0.2) is 0 Å². The summed E-state index contributed by atoms with van der Waals surface area (Å²) >= 11 is 0. The van der Waals surface area contributed by atoms with E-state index in [1.165, 1.54) is 17.7 Å². The highest BCUT2D eigenvalue weighted by Gasteiger charge is 2.29. The minimum Gasteiger partial charge on any atom is -0.374 e. The second-order valence-corrected chi connectivity index (χ2v) is 6.40. The van der Waals surface area contributed by atoms with E-state index in [0.717, 1.165) is 17.7 Å². The van der Waals surface area contributed by atoms with E-state index in [1.807, 2.05) is 30.3 Å². The van der Waals surface area contributed by atoms with E-state index in [-0.39, 0.29) is 5.41 Å². The van der Waals surface area contributed by atoms with Crippen molar-refractivity contribution in [2.75, 3.05) is 18.5 Å². The highest BCUT2D eigenvalue weighted by molar-refractivity contribution is 5.61. The van der Waals surface area contributed by atoms with Gasteiger partial charge in [-0.15, -0.1) is 0 Å². The number of anilines is 1. The minimum absolute atomic E-state index is 0.228. The fraction of sp³-hybridized carbons (Fsp3) is 0.300. The summed E-state index contributed by atoms with van der Waals surface area (Å²) in [6, 6.07) is 16.8. The number of benzene rings is 2. The fourth-order valence-electron chi connectivity index (χ4n) is 2.86. The Kier molecular flexibility index (Phi) is 3.47. The number of fused-ring (bicyclic) bond motifs is 1. The van der Waals surface area contributed by atoms with Gasteiger partial charge in [-0.2, -0.15) is 0 Å². The van der Waals surface area contributed by atoms with Crippen molar-refractivity contribution in [3.05, 3.63) is 65.2 Å². The first-order chi connectivity index (χ1) is 10.1. The van der Waals surface area contributed by atoms with Crippen molar-refractivity contribution < 1.29 is 0 Å². The molecule has 0 aromatic heterocycles. The third-order valence-corrected chi connectivity index (χ3v) is 4.33. The lowest BCUT2D eigenvalue weighted by atomic mass is 9.77. The normalized spacial score (nSPS) is 15.9. The Morgan fingerprint density at radius 2 is 1.67 bits per heavy atom. The molecule has 0 amide bonds. The molecule has 0 radical (unpaired) electrons. The highest BCUT2D eigenvalue weighted by atomic mass is 15.1. The lowest BCUT2D eigenvalue weighted by Gasteiger charge is -2.38. The molecule has 2 aromatic carbocycles. The Balaban J connectivity index is 1.98.